The fourth-order valence-corrected chi connectivity index (χ4v) is 3.06. The van der Waals surface area contributed by atoms with Gasteiger partial charge in [-0.2, -0.15) is 0 Å². The van der Waals surface area contributed by atoms with Crippen LogP contribution in [0.25, 0.3) is 0 Å². The van der Waals surface area contributed by atoms with Gasteiger partial charge in [0.15, 0.2) is 0 Å². The van der Waals surface area contributed by atoms with Crippen LogP contribution in [-0.4, -0.2) is 12.5 Å². The van der Waals surface area contributed by atoms with Gasteiger partial charge in [-0.25, -0.2) is 0 Å². The Hall–Kier alpha value is -0.960. The lowest BCUT2D eigenvalue weighted by Crippen LogP contribution is -2.31. The van der Waals surface area contributed by atoms with Crippen LogP contribution in [0.1, 0.15) is 49.4 Å². The van der Waals surface area contributed by atoms with Gasteiger partial charge in [-0.1, -0.05) is 32.3 Å². The first kappa shape index (κ1) is 14.4. The van der Waals surface area contributed by atoms with Crippen LogP contribution in [0.2, 0.25) is 0 Å². The highest BCUT2D eigenvalue weighted by Crippen LogP contribution is 2.30. The van der Waals surface area contributed by atoms with E-state index < -0.39 is 0 Å². The lowest BCUT2D eigenvalue weighted by atomic mass is 9.81. The van der Waals surface area contributed by atoms with Gasteiger partial charge in [-0.15, -0.1) is 12.6 Å². The van der Waals surface area contributed by atoms with Crippen LogP contribution < -0.4 is 5.32 Å². The van der Waals surface area contributed by atoms with Crippen molar-refractivity contribution in [2.24, 2.45) is 11.8 Å². The third kappa shape index (κ3) is 4.27. The maximum absolute atomic E-state index is 12.0. The van der Waals surface area contributed by atoms with Gasteiger partial charge in [0.1, 0.15) is 0 Å². The first-order chi connectivity index (χ1) is 9.19. The van der Waals surface area contributed by atoms with Crippen molar-refractivity contribution < 1.29 is 4.79 Å². The van der Waals surface area contributed by atoms with E-state index in [9.17, 15) is 4.79 Å². The van der Waals surface area contributed by atoms with Crippen LogP contribution in [-0.2, 0) is 0 Å². The van der Waals surface area contributed by atoms with E-state index in [0.29, 0.717) is 11.5 Å². The maximum Gasteiger partial charge on any atom is 0.251 e. The molecule has 1 aliphatic rings. The smallest absolute Gasteiger partial charge is 0.251 e. The van der Waals surface area contributed by atoms with E-state index >= 15 is 0 Å². The van der Waals surface area contributed by atoms with Crippen LogP contribution in [0.3, 0.4) is 0 Å². The van der Waals surface area contributed by atoms with E-state index in [1.165, 1.54) is 32.1 Å². The van der Waals surface area contributed by atoms with Crippen molar-refractivity contribution in [3.8, 4) is 0 Å². The zero-order valence-electron chi connectivity index (χ0n) is 11.6. The summed E-state index contributed by atoms with van der Waals surface area (Å²) in [6.45, 7) is 3.09. The number of rotatable bonds is 4. The predicted octanol–water partition coefficient (Wildman–Crippen LogP) is 3.92. The number of nitrogens with one attached hydrogen (secondary N) is 1. The van der Waals surface area contributed by atoms with Gasteiger partial charge in [0.05, 0.1) is 0 Å². The second-order valence-electron chi connectivity index (χ2n) is 5.56. The average molecular weight is 277 g/mol. The van der Waals surface area contributed by atoms with Gasteiger partial charge in [0.2, 0.25) is 0 Å². The third-order valence-electron chi connectivity index (χ3n) is 4.20. The van der Waals surface area contributed by atoms with Crippen LogP contribution >= 0.6 is 12.6 Å². The molecular formula is C16H23NOS. The van der Waals surface area contributed by atoms with Crippen LogP contribution in [0.4, 0.5) is 0 Å². The molecule has 104 valence electrons. The van der Waals surface area contributed by atoms with E-state index in [1.807, 2.05) is 24.3 Å². The largest absolute Gasteiger partial charge is 0.352 e. The molecular weight excluding hydrogens is 254 g/mol. The van der Waals surface area contributed by atoms with E-state index in [4.69, 9.17) is 0 Å². The molecule has 19 heavy (non-hydrogen) atoms. The Morgan fingerprint density at radius 3 is 2.58 bits per heavy atom. The number of hydrogen-bond donors (Lipinski definition) is 2. The molecule has 1 aliphatic carbocycles. The van der Waals surface area contributed by atoms with Crippen molar-refractivity contribution in [2.45, 2.75) is 43.9 Å². The zero-order valence-corrected chi connectivity index (χ0v) is 12.5. The molecule has 2 nitrogen and oxygen atoms in total. The normalized spacial score (nSPS) is 23.1. The van der Waals surface area contributed by atoms with Crippen molar-refractivity contribution in [3.63, 3.8) is 0 Å². The van der Waals surface area contributed by atoms with Crippen molar-refractivity contribution in [1.82, 2.24) is 5.32 Å². The summed E-state index contributed by atoms with van der Waals surface area (Å²) in [6, 6.07) is 7.39. The van der Waals surface area contributed by atoms with Gasteiger partial charge < -0.3 is 5.32 Å². The minimum Gasteiger partial charge on any atom is -0.352 e. The minimum absolute atomic E-state index is 0.0218. The van der Waals surface area contributed by atoms with Gasteiger partial charge in [-0.3, -0.25) is 4.79 Å². The first-order valence-electron chi connectivity index (χ1n) is 7.26. The SMILES string of the molecule is CCC1CCC(CNC(=O)c2cccc(S)c2)CC1. The third-order valence-corrected chi connectivity index (χ3v) is 4.48. The highest BCUT2D eigenvalue weighted by atomic mass is 32.1. The molecule has 0 spiro atoms. The summed E-state index contributed by atoms with van der Waals surface area (Å²) in [6.07, 6.45) is 6.46. The lowest BCUT2D eigenvalue weighted by molar-refractivity contribution is 0.0941. The fourth-order valence-electron chi connectivity index (χ4n) is 2.83. The molecule has 0 aromatic heterocycles. The topological polar surface area (TPSA) is 29.1 Å². The summed E-state index contributed by atoms with van der Waals surface area (Å²) in [5, 5.41) is 3.06. The fraction of sp³-hybridized carbons (Fsp3) is 0.562. The minimum atomic E-state index is 0.0218. The van der Waals surface area contributed by atoms with Gasteiger partial charge in [-0.05, 0) is 42.9 Å². The molecule has 1 saturated carbocycles. The summed E-state index contributed by atoms with van der Waals surface area (Å²) < 4.78 is 0. The number of hydrogen-bond acceptors (Lipinski definition) is 2. The second-order valence-corrected chi connectivity index (χ2v) is 6.07. The van der Waals surface area contributed by atoms with E-state index in [2.05, 4.69) is 24.9 Å². The van der Waals surface area contributed by atoms with E-state index in [0.717, 1.165) is 17.4 Å². The summed E-state index contributed by atoms with van der Waals surface area (Å²) in [5.74, 6) is 1.59. The standard InChI is InChI=1S/C16H23NOS/c1-2-12-6-8-13(9-7-12)11-17-16(18)14-4-3-5-15(19)10-14/h3-5,10,12-13,19H,2,6-9,11H2,1H3,(H,17,18). The van der Waals surface area contributed by atoms with E-state index in [1.54, 1.807) is 0 Å². The molecule has 0 radical (unpaired) electrons. The lowest BCUT2D eigenvalue weighted by Gasteiger charge is -2.27. The Balaban J connectivity index is 1.78. The van der Waals surface area contributed by atoms with Crippen molar-refractivity contribution in [3.05, 3.63) is 29.8 Å². The number of benzene rings is 1. The molecule has 1 amide bonds. The highest BCUT2D eigenvalue weighted by Gasteiger charge is 2.20. The Morgan fingerprint density at radius 1 is 1.26 bits per heavy atom. The Morgan fingerprint density at radius 2 is 1.95 bits per heavy atom. The number of thiol groups is 1. The van der Waals surface area contributed by atoms with Crippen molar-refractivity contribution in [2.75, 3.05) is 6.54 Å². The quantitative estimate of drug-likeness (QED) is 0.802. The monoisotopic (exact) mass is 277 g/mol. The molecule has 2 rings (SSSR count). The zero-order chi connectivity index (χ0) is 13.7. The summed E-state index contributed by atoms with van der Waals surface area (Å²) in [4.78, 5) is 12.8. The predicted molar refractivity (Wildman–Crippen MR) is 81.8 cm³/mol. The average Bonchev–Trinajstić information content (AvgIpc) is 2.45. The summed E-state index contributed by atoms with van der Waals surface area (Å²) >= 11 is 4.26. The molecule has 1 aromatic rings. The Bertz CT molecular complexity index is 425. The molecule has 1 aromatic carbocycles. The van der Waals surface area contributed by atoms with Crippen LogP contribution in [0.5, 0.6) is 0 Å². The van der Waals surface area contributed by atoms with Crippen molar-refractivity contribution >= 4 is 18.5 Å². The number of amides is 1. The maximum atomic E-state index is 12.0. The summed E-state index contributed by atoms with van der Waals surface area (Å²) in [7, 11) is 0. The highest BCUT2D eigenvalue weighted by molar-refractivity contribution is 7.80. The summed E-state index contributed by atoms with van der Waals surface area (Å²) in [5.41, 5.74) is 0.703. The molecule has 1 N–H and O–H groups in total. The Kier molecular flexibility index (Phi) is 5.32. The molecule has 0 heterocycles. The van der Waals surface area contributed by atoms with E-state index in [-0.39, 0.29) is 5.91 Å². The molecule has 0 atom stereocenters. The number of carbonyl (C=O) groups is 1. The van der Waals surface area contributed by atoms with Gasteiger partial charge >= 0.3 is 0 Å². The van der Waals surface area contributed by atoms with Crippen LogP contribution in [0.15, 0.2) is 29.2 Å². The molecule has 1 fully saturated rings. The molecule has 3 heteroatoms. The van der Waals surface area contributed by atoms with Crippen LogP contribution in [0, 0.1) is 11.8 Å². The molecule has 0 bridgehead atoms. The first-order valence-corrected chi connectivity index (χ1v) is 7.71. The molecule has 0 aliphatic heterocycles. The molecule has 0 saturated heterocycles. The second kappa shape index (κ2) is 6.99. The van der Waals surface area contributed by atoms with Crippen molar-refractivity contribution in [1.29, 1.82) is 0 Å². The van der Waals surface area contributed by atoms with Gasteiger partial charge in [0, 0.05) is 17.0 Å². The van der Waals surface area contributed by atoms with Gasteiger partial charge in [0.25, 0.3) is 5.91 Å². The molecule has 0 unspecified atom stereocenters. The Labute approximate surface area is 121 Å². The number of carbonyl (C=O) groups excluding carboxylic acids is 1.